The van der Waals surface area contributed by atoms with Crippen molar-refractivity contribution in [1.82, 2.24) is 0 Å². The summed E-state index contributed by atoms with van der Waals surface area (Å²) in [6.07, 6.45) is 0. The van der Waals surface area contributed by atoms with E-state index in [0.29, 0.717) is 0 Å². The second kappa shape index (κ2) is 18.3. The Morgan fingerprint density at radius 3 is 0.707 bits per heavy atom. The monoisotopic (exact) mass is 1040 g/mol. The molecule has 0 bridgehead atoms. The Kier molecular flexibility index (Phi) is 10.7. The summed E-state index contributed by atoms with van der Waals surface area (Å²) in [4.78, 5) is 0. The fraction of sp³-hybridized carbons (Fsp3) is 0.0732. The van der Waals surface area contributed by atoms with Crippen molar-refractivity contribution in [2.75, 3.05) is 0 Å². The minimum absolute atomic E-state index is 0.225. The number of fused-ring (bicyclic) bond motifs is 10. The molecule has 0 heteroatoms. The lowest BCUT2D eigenvalue weighted by atomic mass is 9.79. The topological polar surface area (TPSA) is 0 Å². The van der Waals surface area contributed by atoms with Gasteiger partial charge in [0.25, 0.3) is 0 Å². The van der Waals surface area contributed by atoms with E-state index in [4.69, 9.17) is 0 Å². The molecule has 0 aliphatic heterocycles. The van der Waals surface area contributed by atoms with E-state index in [1.54, 1.807) is 0 Å². The molecule has 0 heterocycles. The van der Waals surface area contributed by atoms with Gasteiger partial charge in [-0.3, -0.25) is 0 Å². The van der Waals surface area contributed by atoms with Crippen LogP contribution in [0.5, 0.6) is 0 Å². The second-order valence-corrected chi connectivity index (χ2v) is 23.8. The average molecular weight is 1040 g/mol. The molecule has 0 aromatic heterocycles. The van der Waals surface area contributed by atoms with Crippen molar-refractivity contribution in [1.29, 1.82) is 0 Å². The summed E-state index contributed by atoms with van der Waals surface area (Å²) in [5.41, 5.74) is 27.9. The molecule has 0 fully saturated rings. The van der Waals surface area contributed by atoms with Gasteiger partial charge in [0, 0.05) is 10.8 Å². The van der Waals surface area contributed by atoms with Gasteiger partial charge in [-0.2, -0.15) is 0 Å². The van der Waals surface area contributed by atoms with Crippen LogP contribution >= 0.6 is 0 Å². The first-order valence-corrected chi connectivity index (χ1v) is 29.0. The molecule has 0 amide bonds. The number of benzene rings is 14. The van der Waals surface area contributed by atoms with Gasteiger partial charge in [-0.15, -0.1) is 0 Å². The molecule has 0 saturated carbocycles. The first kappa shape index (κ1) is 48.1. The molecule has 0 spiro atoms. The van der Waals surface area contributed by atoms with Gasteiger partial charge in [-0.1, -0.05) is 282 Å². The fourth-order valence-corrected chi connectivity index (χ4v) is 14.7. The van der Waals surface area contributed by atoms with Crippen molar-refractivity contribution in [3.63, 3.8) is 0 Å². The van der Waals surface area contributed by atoms with Crippen LogP contribution in [0.25, 0.3) is 143 Å². The highest BCUT2D eigenvalue weighted by Gasteiger charge is 2.38. The van der Waals surface area contributed by atoms with E-state index in [2.05, 4.69) is 307 Å². The standard InChI is InChI=1S/C82H58/c1-81(2)73-47-53(39-43-59(73)61-45-41-55(49-75(61)81)77-65-31-15-19-35-69(65)79(70-36-20-16-32-66(70)77)63-29-13-11-27-57(63)51-23-7-5-8-24-51)54-40-44-60-62-46-42-56(50-76(62)82(3,4)74(60)48-54)78-67-33-17-21-37-71(67)80(72-38-22-18-34-68(72)78)64-30-14-12-28-58(64)52-25-9-6-10-26-52/h5-50H,1-4H3. The molecule has 2 aliphatic rings. The average Bonchev–Trinajstić information content (AvgIpc) is 3.02. The summed E-state index contributed by atoms with van der Waals surface area (Å²) in [5.74, 6) is 0. The molecule has 0 nitrogen and oxygen atoms in total. The van der Waals surface area contributed by atoms with Gasteiger partial charge in [-0.25, -0.2) is 0 Å². The highest BCUT2D eigenvalue weighted by Crippen LogP contribution is 2.56. The van der Waals surface area contributed by atoms with Crippen molar-refractivity contribution in [3.8, 4) is 100 Å². The molecule has 16 rings (SSSR count). The van der Waals surface area contributed by atoms with Crippen LogP contribution in [-0.2, 0) is 10.8 Å². The first-order chi connectivity index (χ1) is 40.2. The number of hydrogen-bond acceptors (Lipinski definition) is 0. The molecular formula is C82H58. The van der Waals surface area contributed by atoms with Gasteiger partial charge in [0.1, 0.15) is 0 Å². The van der Waals surface area contributed by atoms with Crippen LogP contribution in [0.3, 0.4) is 0 Å². The van der Waals surface area contributed by atoms with Gasteiger partial charge in [0.2, 0.25) is 0 Å². The van der Waals surface area contributed by atoms with Gasteiger partial charge in [-0.05, 0) is 190 Å². The van der Waals surface area contributed by atoms with Crippen LogP contribution in [0.2, 0.25) is 0 Å². The van der Waals surface area contributed by atoms with Crippen molar-refractivity contribution in [2.45, 2.75) is 38.5 Å². The molecule has 0 N–H and O–H groups in total. The molecule has 0 radical (unpaired) electrons. The fourth-order valence-electron chi connectivity index (χ4n) is 14.7. The third kappa shape index (κ3) is 7.17. The normalized spacial score (nSPS) is 13.6. The predicted molar refractivity (Wildman–Crippen MR) is 350 cm³/mol. The van der Waals surface area contributed by atoms with Crippen molar-refractivity contribution in [3.05, 3.63) is 301 Å². The molecular weight excluding hydrogens is 985 g/mol. The van der Waals surface area contributed by atoms with E-state index in [0.717, 1.165) is 0 Å². The molecule has 14 aromatic carbocycles. The lowest BCUT2D eigenvalue weighted by Crippen LogP contribution is -2.15. The predicted octanol–water partition coefficient (Wildman–Crippen LogP) is 22.6. The second-order valence-electron chi connectivity index (χ2n) is 23.8. The number of rotatable bonds is 7. The molecule has 14 aromatic rings. The highest BCUT2D eigenvalue weighted by atomic mass is 14.4. The molecule has 0 saturated heterocycles. The Hall–Kier alpha value is -9.88. The summed E-state index contributed by atoms with van der Waals surface area (Å²) in [7, 11) is 0. The van der Waals surface area contributed by atoms with E-state index < -0.39 is 0 Å². The Bertz CT molecular complexity index is 4520. The van der Waals surface area contributed by atoms with Crippen molar-refractivity contribution >= 4 is 43.1 Å². The summed E-state index contributed by atoms with van der Waals surface area (Å²) >= 11 is 0. The SMILES string of the molecule is CC1(C)c2cc(-c3ccc4c(c3)C(C)(C)c3cc(-c5c6ccccc6c(-c6ccccc6-c6ccccc6)c6ccccc56)ccc3-4)ccc2-c2ccc(-c3c4ccccc4c(-c4ccccc4-c4ccccc4)c4ccccc34)cc21. The van der Waals surface area contributed by atoms with Crippen LogP contribution < -0.4 is 0 Å². The third-order valence-electron chi connectivity index (χ3n) is 18.7. The maximum atomic E-state index is 2.51. The minimum Gasteiger partial charge on any atom is -0.0622 e. The van der Waals surface area contributed by atoms with Gasteiger partial charge < -0.3 is 0 Å². The smallest absolute Gasteiger partial charge is 0.0159 e. The largest absolute Gasteiger partial charge is 0.0622 e. The summed E-state index contributed by atoms with van der Waals surface area (Å²) < 4.78 is 0. The summed E-state index contributed by atoms with van der Waals surface area (Å²) in [6.45, 7) is 9.70. The third-order valence-corrected chi connectivity index (χ3v) is 18.7. The molecule has 82 heavy (non-hydrogen) atoms. The van der Waals surface area contributed by atoms with E-state index in [9.17, 15) is 0 Å². The molecule has 0 atom stereocenters. The summed E-state index contributed by atoms with van der Waals surface area (Å²) in [6, 6.07) is 105. The van der Waals surface area contributed by atoms with Gasteiger partial charge >= 0.3 is 0 Å². The zero-order chi connectivity index (χ0) is 54.8. The van der Waals surface area contributed by atoms with Gasteiger partial charge in [0.15, 0.2) is 0 Å². The first-order valence-electron chi connectivity index (χ1n) is 29.0. The van der Waals surface area contributed by atoms with E-state index in [1.807, 2.05) is 0 Å². The summed E-state index contributed by atoms with van der Waals surface area (Å²) in [5, 5.41) is 10.1. The molecule has 2 aliphatic carbocycles. The zero-order valence-corrected chi connectivity index (χ0v) is 46.6. The number of hydrogen-bond donors (Lipinski definition) is 0. The van der Waals surface area contributed by atoms with E-state index in [1.165, 1.54) is 165 Å². The van der Waals surface area contributed by atoms with Crippen LogP contribution in [-0.4, -0.2) is 0 Å². The zero-order valence-electron chi connectivity index (χ0n) is 46.6. The quantitative estimate of drug-likeness (QED) is 0.140. The van der Waals surface area contributed by atoms with Crippen molar-refractivity contribution in [2.24, 2.45) is 0 Å². The lowest BCUT2D eigenvalue weighted by molar-refractivity contribution is 0.660. The van der Waals surface area contributed by atoms with Crippen molar-refractivity contribution < 1.29 is 0 Å². The lowest BCUT2D eigenvalue weighted by Gasteiger charge is -2.24. The molecule has 386 valence electrons. The van der Waals surface area contributed by atoms with E-state index >= 15 is 0 Å². The Morgan fingerprint density at radius 2 is 0.402 bits per heavy atom. The maximum Gasteiger partial charge on any atom is 0.0159 e. The van der Waals surface area contributed by atoms with E-state index in [-0.39, 0.29) is 10.8 Å². The van der Waals surface area contributed by atoms with Crippen LogP contribution in [0, 0.1) is 0 Å². The van der Waals surface area contributed by atoms with Crippen LogP contribution in [0.4, 0.5) is 0 Å². The highest BCUT2D eigenvalue weighted by molar-refractivity contribution is 6.24. The minimum atomic E-state index is -0.225. The Morgan fingerprint density at radius 1 is 0.171 bits per heavy atom. The van der Waals surface area contributed by atoms with Crippen LogP contribution in [0.15, 0.2) is 279 Å². The van der Waals surface area contributed by atoms with Crippen LogP contribution in [0.1, 0.15) is 49.9 Å². The Balaban J connectivity index is 0.763. The maximum absolute atomic E-state index is 2.51. The molecule has 0 unspecified atom stereocenters. The Labute approximate surface area is 480 Å². The van der Waals surface area contributed by atoms with Gasteiger partial charge in [0.05, 0.1) is 0 Å².